The Kier molecular flexibility index (Phi) is 1.77. The van der Waals surface area contributed by atoms with Gasteiger partial charge in [0.1, 0.15) is 6.33 Å². The number of carbonyl (C=O) groups is 1. The third kappa shape index (κ3) is 1.28. The smallest absolute Gasteiger partial charge is 0.160 e. The molecule has 3 nitrogen and oxygen atoms in total. The van der Waals surface area contributed by atoms with Crippen molar-refractivity contribution in [2.45, 2.75) is 6.92 Å². The predicted octanol–water partition coefficient (Wildman–Crippen LogP) is 1.83. The van der Waals surface area contributed by atoms with Gasteiger partial charge in [0.25, 0.3) is 0 Å². The fraction of sp³-hybridized carbons (Fsp3) is 0.100. The molecule has 2 rings (SSSR count). The highest BCUT2D eigenvalue weighted by molar-refractivity contribution is 6.05. The van der Waals surface area contributed by atoms with Crippen molar-refractivity contribution in [3.8, 4) is 0 Å². The Bertz CT molecular complexity index is 460. The molecule has 0 radical (unpaired) electrons. The lowest BCUT2D eigenvalue weighted by molar-refractivity contribution is 0.101. The van der Waals surface area contributed by atoms with Crippen molar-refractivity contribution in [1.82, 2.24) is 9.97 Å². The molecule has 0 bridgehead atoms. The van der Waals surface area contributed by atoms with Crippen molar-refractivity contribution in [2.75, 3.05) is 0 Å². The van der Waals surface area contributed by atoms with Crippen LogP contribution in [0.4, 0.5) is 0 Å². The first-order chi connectivity index (χ1) is 6.29. The van der Waals surface area contributed by atoms with E-state index >= 15 is 0 Å². The zero-order chi connectivity index (χ0) is 9.26. The molecule has 1 aromatic carbocycles. The number of benzene rings is 1. The van der Waals surface area contributed by atoms with Crippen LogP contribution in [0.1, 0.15) is 17.3 Å². The fourth-order valence-electron chi connectivity index (χ4n) is 1.31. The van der Waals surface area contributed by atoms with E-state index in [9.17, 15) is 4.79 Å². The second kappa shape index (κ2) is 2.94. The Morgan fingerprint density at radius 2 is 2.23 bits per heavy atom. The van der Waals surface area contributed by atoms with E-state index < -0.39 is 0 Å². The summed E-state index contributed by atoms with van der Waals surface area (Å²) in [4.78, 5) is 19.2. The van der Waals surface area contributed by atoms with E-state index in [0.29, 0.717) is 5.56 Å². The summed E-state index contributed by atoms with van der Waals surface area (Å²) >= 11 is 0. The first-order valence-electron chi connectivity index (χ1n) is 3.99. The van der Waals surface area contributed by atoms with E-state index in [2.05, 4.69) is 9.97 Å². The maximum atomic E-state index is 11.2. The topological polar surface area (TPSA) is 42.9 Å². The Hall–Kier alpha value is -1.77. The minimum atomic E-state index is 0.0420. The predicted molar refractivity (Wildman–Crippen MR) is 49.5 cm³/mol. The Balaban J connectivity index is 2.83. The molecule has 0 saturated carbocycles. The first kappa shape index (κ1) is 7.86. The highest BCUT2D eigenvalue weighted by Crippen LogP contribution is 2.15. The number of aromatic nitrogens is 2. The lowest BCUT2D eigenvalue weighted by atomic mass is 10.1. The molecule has 1 heterocycles. The van der Waals surface area contributed by atoms with Crippen molar-refractivity contribution >= 4 is 16.7 Å². The van der Waals surface area contributed by atoms with Crippen LogP contribution in [0.3, 0.4) is 0 Å². The van der Waals surface area contributed by atoms with E-state index in [0.717, 1.165) is 10.9 Å². The zero-order valence-corrected chi connectivity index (χ0v) is 7.19. The van der Waals surface area contributed by atoms with E-state index in [1.54, 1.807) is 19.2 Å². The van der Waals surface area contributed by atoms with Gasteiger partial charge in [0.2, 0.25) is 0 Å². The van der Waals surface area contributed by atoms with Crippen LogP contribution in [-0.2, 0) is 0 Å². The van der Waals surface area contributed by atoms with Crippen LogP contribution in [-0.4, -0.2) is 15.8 Å². The molecule has 0 aliphatic heterocycles. The molecule has 0 fully saturated rings. The Morgan fingerprint density at radius 3 is 3.00 bits per heavy atom. The van der Waals surface area contributed by atoms with E-state index in [1.165, 1.54) is 6.33 Å². The normalized spacial score (nSPS) is 10.2. The van der Waals surface area contributed by atoms with Crippen LogP contribution in [0.25, 0.3) is 10.9 Å². The van der Waals surface area contributed by atoms with Crippen molar-refractivity contribution in [1.29, 1.82) is 0 Å². The molecule has 0 spiro atoms. The zero-order valence-electron chi connectivity index (χ0n) is 7.19. The van der Waals surface area contributed by atoms with Crippen molar-refractivity contribution < 1.29 is 4.79 Å². The first-order valence-corrected chi connectivity index (χ1v) is 3.99. The average molecular weight is 172 g/mol. The quantitative estimate of drug-likeness (QED) is 0.616. The molecule has 2 aromatic rings. The minimum Gasteiger partial charge on any atom is -0.294 e. The van der Waals surface area contributed by atoms with Crippen LogP contribution < -0.4 is 0 Å². The number of hydrogen-bond acceptors (Lipinski definition) is 3. The largest absolute Gasteiger partial charge is 0.294 e. The van der Waals surface area contributed by atoms with Crippen LogP contribution in [0.2, 0.25) is 0 Å². The van der Waals surface area contributed by atoms with Gasteiger partial charge in [-0.3, -0.25) is 4.79 Å². The molecule has 0 N–H and O–H groups in total. The van der Waals surface area contributed by atoms with Gasteiger partial charge in [0.05, 0.1) is 5.52 Å². The third-order valence-electron chi connectivity index (χ3n) is 1.93. The molecular weight excluding hydrogens is 164 g/mol. The highest BCUT2D eigenvalue weighted by atomic mass is 16.1. The second-order valence-electron chi connectivity index (χ2n) is 2.82. The molecule has 0 atom stereocenters. The van der Waals surface area contributed by atoms with E-state index in [1.807, 2.05) is 12.1 Å². The van der Waals surface area contributed by atoms with Crippen LogP contribution in [0.5, 0.6) is 0 Å². The summed E-state index contributed by atoms with van der Waals surface area (Å²) in [6.45, 7) is 1.54. The van der Waals surface area contributed by atoms with Gasteiger partial charge in [-0.1, -0.05) is 12.1 Å². The molecule has 1 aromatic heterocycles. The minimum absolute atomic E-state index is 0.0420. The number of Topliss-reactive ketones (excluding diaryl/α,β-unsaturated/α-hetero) is 1. The van der Waals surface area contributed by atoms with Gasteiger partial charge >= 0.3 is 0 Å². The number of rotatable bonds is 1. The molecule has 3 heteroatoms. The summed E-state index contributed by atoms with van der Waals surface area (Å²) in [5.41, 5.74) is 1.49. The number of nitrogens with zero attached hydrogens (tertiary/aromatic N) is 2. The second-order valence-corrected chi connectivity index (χ2v) is 2.82. The summed E-state index contributed by atoms with van der Waals surface area (Å²) < 4.78 is 0. The highest BCUT2D eigenvalue weighted by Gasteiger charge is 2.04. The molecule has 0 aliphatic rings. The third-order valence-corrected chi connectivity index (χ3v) is 1.93. The molecular formula is C10H8N2O. The summed E-state index contributed by atoms with van der Waals surface area (Å²) in [7, 11) is 0. The standard InChI is InChI=1S/C10H8N2O/c1-7(13)8-3-2-4-10-9(8)5-11-6-12-10/h2-6H,1H3. The maximum Gasteiger partial charge on any atom is 0.160 e. The molecule has 13 heavy (non-hydrogen) atoms. The Labute approximate surface area is 75.4 Å². The van der Waals surface area contributed by atoms with E-state index in [4.69, 9.17) is 0 Å². The molecule has 0 amide bonds. The number of hydrogen-bond donors (Lipinski definition) is 0. The number of fused-ring (bicyclic) bond motifs is 1. The lowest BCUT2D eigenvalue weighted by Gasteiger charge is -1.99. The Morgan fingerprint density at radius 1 is 1.38 bits per heavy atom. The van der Waals surface area contributed by atoms with E-state index in [-0.39, 0.29) is 5.78 Å². The van der Waals surface area contributed by atoms with Gasteiger partial charge in [0, 0.05) is 17.1 Å². The van der Waals surface area contributed by atoms with Crippen LogP contribution >= 0.6 is 0 Å². The molecule has 64 valence electrons. The van der Waals surface area contributed by atoms with Gasteiger partial charge in [-0.2, -0.15) is 0 Å². The summed E-state index contributed by atoms with van der Waals surface area (Å²) in [6, 6.07) is 5.48. The van der Waals surface area contributed by atoms with Gasteiger partial charge in [-0.05, 0) is 13.0 Å². The molecule has 0 unspecified atom stereocenters. The average Bonchev–Trinajstić information content (AvgIpc) is 2.17. The van der Waals surface area contributed by atoms with Gasteiger partial charge in [-0.25, -0.2) is 9.97 Å². The van der Waals surface area contributed by atoms with Crippen LogP contribution in [0.15, 0.2) is 30.7 Å². The number of ketones is 1. The summed E-state index contributed by atoms with van der Waals surface area (Å²) in [5.74, 6) is 0.0420. The van der Waals surface area contributed by atoms with Gasteiger partial charge < -0.3 is 0 Å². The fourth-order valence-corrected chi connectivity index (χ4v) is 1.31. The molecule has 0 saturated heterocycles. The lowest BCUT2D eigenvalue weighted by Crippen LogP contribution is -1.94. The summed E-state index contributed by atoms with van der Waals surface area (Å²) in [6.07, 6.45) is 3.14. The SMILES string of the molecule is CC(=O)c1cccc2ncncc12. The number of carbonyl (C=O) groups excluding carboxylic acids is 1. The maximum absolute atomic E-state index is 11.2. The summed E-state index contributed by atoms with van der Waals surface area (Å²) in [5, 5.41) is 0.817. The van der Waals surface area contributed by atoms with Crippen molar-refractivity contribution in [2.24, 2.45) is 0 Å². The van der Waals surface area contributed by atoms with Crippen molar-refractivity contribution in [3.63, 3.8) is 0 Å². The van der Waals surface area contributed by atoms with Crippen molar-refractivity contribution in [3.05, 3.63) is 36.3 Å². The van der Waals surface area contributed by atoms with Gasteiger partial charge in [0.15, 0.2) is 5.78 Å². The monoisotopic (exact) mass is 172 g/mol. The molecule has 0 aliphatic carbocycles. The van der Waals surface area contributed by atoms with Gasteiger partial charge in [-0.15, -0.1) is 0 Å². The van der Waals surface area contributed by atoms with Crippen LogP contribution in [0, 0.1) is 0 Å².